The number of hydroxylamine groups is 2. The van der Waals surface area contributed by atoms with Gasteiger partial charge >= 0.3 is 17.9 Å². The molecule has 0 heterocycles. The van der Waals surface area contributed by atoms with Crippen LogP contribution in [-0.2, 0) is 30.5 Å². The highest BCUT2D eigenvalue weighted by atomic mass is 16.8. The fourth-order valence-corrected chi connectivity index (χ4v) is 4.55. The van der Waals surface area contributed by atoms with Crippen molar-refractivity contribution in [3.63, 3.8) is 0 Å². The Balaban J connectivity index is 1.22. The second kappa shape index (κ2) is 14.4. The Morgan fingerprint density at radius 2 is 1.67 bits per heavy atom. The molecule has 0 atom stereocenters. The molecule has 3 aromatic carbocycles. The Labute approximate surface area is 246 Å². The minimum absolute atomic E-state index is 0.0227. The van der Waals surface area contributed by atoms with E-state index >= 15 is 0 Å². The predicted octanol–water partition coefficient (Wildman–Crippen LogP) is 4.52. The molecule has 0 spiro atoms. The van der Waals surface area contributed by atoms with Crippen molar-refractivity contribution in [3.05, 3.63) is 93.5 Å². The van der Waals surface area contributed by atoms with Crippen LogP contribution in [0.25, 0.3) is 11.1 Å². The molecule has 0 fully saturated rings. The molecule has 43 heavy (non-hydrogen) atoms. The molecule has 0 saturated carbocycles. The minimum atomic E-state index is -1.20. The molecule has 0 saturated heterocycles. The topological polar surface area (TPSA) is 164 Å². The van der Waals surface area contributed by atoms with E-state index in [9.17, 15) is 29.3 Å². The summed E-state index contributed by atoms with van der Waals surface area (Å²) < 4.78 is 15.9. The van der Waals surface area contributed by atoms with Gasteiger partial charge in [-0.25, -0.2) is 9.59 Å². The minimum Gasteiger partial charge on any atom is -0.485 e. The number of amides is 2. The summed E-state index contributed by atoms with van der Waals surface area (Å²) in [6, 6.07) is 19.9. The molecule has 0 unspecified atom stereocenters. The number of benzene rings is 3. The van der Waals surface area contributed by atoms with Crippen molar-refractivity contribution in [3.8, 4) is 16.9 Å². The van der Waals surface area contributed by atoms with Crippen molar-refractivity contribution in [2.75, 3.05) is 26.8 Å². The summed E-state index contributed by atoms with van der Waals surface area (Å²) in [6.07, 6.45) is -1.45. The quantitative estimate of drug-likeness (QED) is 0.104. The number of alkyl carbamates (subject to hydrolysis) is 1. The average molecular weight is 592 g/mol. The molecule has 0 aliphatic heterocycles. The van der Waals surface area contributed by atoms with Gasteiger partial charge in [-0.15, -0.1) is 0 Å². The van der Waals surface area contributed by atoms with E-state index in [4.69, 9.17) is 19.0 Å². The Hall–Kier alpha value is -5.46. The predicted molar refractivity (Wildman–Crippen MR) is 151 cm³/mol. The summed E-state index contributed by atoms with van der Waals surface area (Å²) in [5.74, 6) is -0.737. The van der Waals surface area contributed by atoms with Gasteiger partial charge in [-0.3, -0.25) is 14.9 Å². The van der Waals surface area contributed by atoms with Crippen LogP contribution in [-0.4, -0.2) is 61.2 Å². The Kier molecular flexibility index (Phi) is 10.2. The van der Waals surface area contributed by atoms with E-state index in [1.807, 2.05) is 48.5 Å². The summed E-state index contributed by atoms with van der Waals surface area (Å²) >= 11 is 0. The maximum absolute atomic E-state index is 12.3. The number of nitrogens with one attached hydrogen (secondary N) is 1. The van der Waals surface area contributed by atoms with Gasteiger partial charge < -0.3 is 29.2 Å². The van der Waals surface area contributed by atoms with Gasteiger partial charge in [0.05, 0.1) is 11.5 Å². The number of hydrogen-bond acceptors (Lipinski definition) is 10. The molecule has 3 aromatic rings. The van der Waals surface area contributed by atoms with Crippen LogP contribution in [0.15, 0.2) is 66.7 Å². The second-order valence-electron chi connectivity index (χ2n) is 9.39. The molecule has 1 aliphatic carbocycles. The Morgan fingerprint density at radius 3 is 2.33 bits per heavy atom. The van der Waals surface area contributed by atoms with Crippen LogP contribution >= 0.6 is 0 Å². The number of ether oxygens (including phenoxy) is 3. The number of nitro groups is 1. The monoisotopic (exact) mass is 591 g/mol. The van der Waals surface area contributed by atoms with Crippen LogP contribution < -0.4 is 10.1 Å². The smallest absolute Gasteiger partial charge is 0.485 e. The fourth-order valence-electron chi connectivity index (χ4n) is 4.55. The first-order chi connectivity index (χ1) is 20.8. The van der Waals surface area contributed by atoms with Gasteiger partial charge in [0.25, 0.3) is 5.91 Å². The lowest BCUT2D eigenvalue weighted by Gasteiger charge is -2.15. The molecule has 0 bridgehead atoms. The van der Waals surface area contributed by atoms with Crippen LogP contribution in [0.4, 0.5) is 15.3 Å². The Morgan fingerprint density at radius 1 is 1.00 bits per heavy atom. The lowest BCUT2D eigenvalue weighted by molar-refractivity contribution is -0.385. The second-order valence-corrected chi connectivity index (χ2v) is 9.39. The third-order valence-electron chi connectivity index (χ3n) is 6.59. The normalized spacial score (nSPS) is 11.5. The molecule has 13 nitrogen and oxygen atoms in total. The number of aldehydes is 1. The van der Waals surface area contributed by atoms with Crippen molar-refractivity contribution in [1.29, 1.82) is 0 Å². The lowest BCUT2D eigenvalue weighted by Crippen LogP contribution is -2.30. The van der Waals surface area contributed by atoms with E-state index in [2.05, 4.69) is 5.32 Å². The zero-order chi connectivity index (χ0) is 30.8. The molecule has 2 amide bonds. The van der Waals surface area contributed by atoms with Crippen molar-refractivity contribution in [1.82, 2.24) is 10.4 Å². The maximum Gasteiger partial charge on any atom is 0.533 e. The van der Waals surface area contributed by atoms with Crippen LogP contribution in [0, 0.1) is 10.1 Å². The van der Waals surface area contributed by atoms with E-state index in [1.54, 1.807) is 0 Å². The number of fused-ring (bicyclic) bond motifs is 3. The molecule has 0 aromatic heterocycles. The highest BCUT2D eigenvalue weighted by molar-refractivity contribution is 5.79. The molecular formula is C30H29N3O10. The number of nitro benzene ring substituents is 1. The largest absolute Gasteiger partial charge is 0.533 e. The molecule has 1 aliphatic rings. The van der Waals surface area contributed by atoms with E-state index < -0.39 is 23.1 Å². The first-order valence-electron chi connectivity index (χ1n) is 13.3. The van der Waals surface area contributed by atoms with Gasteiger partial charge in [0.15, 0.2) is 5.75 Å². The third-order valence-corrected chi connectivity index (χ3v) is 6.59. The standard InChI is InChI=1S/C30H29N3O10/c1-32(28(35)11-6-15-34)43-30(37)42-18-20-12-13-27(26(17-20)33(38)39)40-16-14-31-29(36)41-19-25-23-9-4-2-7-21(23)22-8-3-5-10-24(22)25/h2-5,7-10,12-13,15,17,25H,6,11,14,16,18-19H2,1H3,(H,31,36). The van der Waals surface area contributed by atoms with Crippen molar-refractivity contribution in [2.24, 2.45) is 0 Å². The Bertz CT molecular complexity index is 1460. The van der Waals surface area contributed by atoms with Gasteiger partial charge in [-0.2, -0.15) is 5.06 Å². The summed E-state index contributed by atoms with van der Waals surface area (Å²) in [4.78, 5) is 61.9. The number of hydrogen-bond donors (Lipinski definition) is 1. The van der Waals surface area contributed by atoms with E-state index in [0.717, 1.165) is 22.3 Å². The lowest BCUT2D eigenvalue weighted by atomic mass is 9.98. The number of rotatable bonds is 12. The van der Waals surface area contributed by atoms with Crippen molar-refractivity contribution >= 4 is 30.1 Å². The fraction of sp³-hybridized carbons (Fsp3) is 0.267. The molecule has 4 rings (SSSR count). The molecule has 13 heteroatoms. The number of carbonyl (C=O) groups excluding carboxylic acids is 4. The van der Waals surface area contributed by atoms with Crippen molar-refractivity contribution < 1.29 is 43.1 Å². The van der Waals surface area contributed by atoms with E-state index in [0.29, 0.717) is 11.3 Å². The number of carbonyl (C=O) groups is 4. The molecule has 1 N–H and O–H groups in total. The van der Waals surface area contributed by atoms with Gasteiger partial charge in [0, 0.05) is 31.9 Å². The number of nitrogens with zero attached hydrogens (tertiary/aromatic N) is 2. The first-order valence-corrected chi connectivity index (χ1v) is 13.3. The van der Waals surface area contributed by atoms with E-state index in [-0.39, 0.29) is 62.1 Å². The third kappa shape index (κ3) is 7.85. The van der Waals surface area contributed by atoms with Crippen LogP contribution in [0.2, 0.25) is 0 Å². The van der Waals surface area contributed by atoms with Gasteiger partial charge in [0.2, 0.25) is 0 Å². The van der Waals surface area contributed by atoms with Gasteiger partial charge in [-0.05, 0) is 33.9 Å². The van der Waals surface area contributed by atoms with E-state index in [1.165, 1.54) is 25.2 Å². The highest BCUT2D eigenvalue weighted by Crippen LogP contribution is 2.44. The zero-order valence-electron chi connectivity index (χ0n) is 23.2. The van der Waals surface area contributed by atoms with Gasteiger partial charge in [0.1, 0.15) is 26.1 Å². The maximum atomic E-state index is 12.3. The molecule has 224 valence electrons. The van der Waals surface area contributed by atoms with Crippen LogP contribution in [0.5, 0.6) is 5.75 Å². The summed E-state index contributed by atoms with van der Waals surface area (Å²) in [6.45, 7) is -0.267. The van der Waals surface area contributed by atoms with Crippen LogP contribution in [0.3, 0.4) is 0 Å². The zero-order valence-corrected chi connectivity index (χ0v) is 23.2. The van der Waals surface area contributed by atoms with Gasteiger partial charge in [-0.1, -0.05) is 54.6 Å². The molecule has 0 radical (unpaired) electrons. The van der Waals surface area contributed by atoms with Crippen LogP contribution in [0.1, 0.15) is 35.4 Å². The SMILES string of the molecule is CN(OC(=O)OCc1ccc(OCCNC(=O)OCC2c3ccccc3-c3ccccc32)c([N+](=O)[O-])c1)C(=O)CCC=O. The summed E-state index contributed by atoms with van der Waals surface area (Å²) in [5.41, 5.74) is 4.30. The first kappa shape index (κ1) is 30.5. The summed E-state index contributed by atoms with van der Waals surface area (Å²) in [7, 11) is 1.19. The average Bonchev–Trinajstić information content (AvgIpc) is 3.33. The highest BCUT2D eigenvalue weighted by Gasteiger charge is 2.29. The van der Waals surface area contributed by atoms with Crippen molar-refractivity contribution in [2.45, 2.75) is 25.4 Å². The molecular weight excluding hydrogens is 562 g/mol. The summed E-state index contributed by atoms with van der Waals surface area (Å²) in [5, 5.41) is 14.8.